The monoisotopic (exact) mass is 449 g/mol. The molecule has 1 heterocycles. The summed E-state index contributed by atoms with van der Waals surface area (Å²) in [4.78, 5) is 4.31. The standard InChI is InChI=1S/C18H19N5O.HI/c1-24-17-9-7-16(8-10-17)23-12-11-15(22-23)13-20-18(19)21-14-5-3-2-4-6-14;/h2-12H,13H2,1H3,(H3,19,20,21);1H. The summed E-state index contributed by atoms with van der Waals surface area (Å²) in [6.07, 6.45) is 1.90. The van der Waals surface area contributed by atoms with E-state index in [0.717, 1.165) is 22.8 Å². The maximum Gasteiger partial charge on any atom is 0.193 e. The second-order valence-electron chi connectivity index (χ2n) is 5.14. The Bertz CT molecular complexity index is 815. The number of para-hydroxylation sites is 1. The van der Waals surface area contributed by atoms with Crippen LogP contribution in [-0.2, 0) is 6.54 Å². The Hall–Kier alpha value is -2.55. The van der Waals surface area contributed by atoms with Gasteiger partial charge in [0.25, 0.3) is 0 Å². The summed E-state index contributed by atoms with van der Waals surface area (Å²) in [6.45, 7) is 0.412. The number of anilines is 1. The van der Waals surface area contributed by atoms with E-state index in [9.17, 15) is 0 Å². The molecule has 25 heavy (non-hydrogen) atoms. The molecule has 0 saturated heterocycles. The molecular formula is C18H20IN5O. The number of hydrogen-bond donors (Lipinski definition) is 2. The maximum atomic E-state index is 5.89. The summed E-state index contributed by atoms with van der Waals surface area (Å²) in [6, 6.07) is 19.3. The molecule has 0 aliphatic carbocycles. The van der Waals surface area contributed by atoms with Crippen molar-refractivity contribution in [2.24, 2.45) is 10.7 Å². The molecule has 0 fully saturated rings. The van der Waals surface area contributed by atoms with Crippen LogP contribution in [0.4, 0.5) is 5.69 Å². The lowest BCUT2D eigenvalue weighted by molar-refractivity contribution is 0.414. The van der Waals surface area contributed by atoms with Crippen molar-refractivity contribution in [3.05, 3.63) is 72.6 Å². The van der Waals surface area contributed by atoms with Crippen LogP contribution in [-0.4, -0.2) is 22.8 Å². The third-order valence-corrected chi connectivity index (χ3v) is 3.44. The highest BCUT2D eigenvalue weighted by Gasteiger charge is 2.02. The van der Waals surface area contributed by atoms with Crippen LogP contribution >= 0.6 is 24.0 Å². The lowest BCUT2D eigenvalue weighted by Crippen LogP contribution is -2.22. The van der Waals surface area contributed by atoms with Crippen LogP contribution in [0.2, 0.25) is 0 Å². The number of aromatic nitrogens is 2. The molecule has 0 amide bonds. The van der Waals surface area contributed by atoms with Gasteiger partial charge >= 0.3 is 0 Å². The Morgan fingerprint density at radius 3 is 2.52 bits per heavy atom. The molecule has 0 bridgehead atoms. The van der Waals surface area contributed by atoms with Crippen molar-refractivity contribution in [2.75, 3.05) is 12.4 Å². The minimum Gasteiger partial charge on any atom is -0.497 e. The topological polar surface area (TPSA) is 77.5 Å². The van der Waals surface area contributed by atoms with E-state index in [1.54, 1.807) is 11.8 Å². The van der Waals surface area contributed by atoms with Crippen molar-refractivity contribution in [1.29, 1.82) is 0 Å². The van der Waals surface area contributed by atoms with Crippen LogP contribution in [0, 0.1) is 0 Å². The van der Waals surface area contributed by atoms with E-state index in [0.29, 0.717) is 12.5 Å². The molecule has 130 valence electrons. The van der Waals surface area contributed by atoms with Crippen molar-refractivity contribution in [3.63, 3.8) is 0 Å². The maximum absolute atomic E-state index is 5.89. The predicted molar refractivity (Wildman–Crippen MR) is 111 cm³/mol. The van der Waals surface area contributed by atoms with Crippen molar-refractivity contribution in [1.82, 2.24) is 9.78 Å². The molecule has 1 aromatic heterocycles. The molecule has 6 nitrogen and oxygen atoms in total. The summed E-state index contributed by atoms with van der Waals surface area (Å²) < 4.78 is 6.95. The quantitative estimate of drug-likeness (QED) is 0.356. The van der Waals surface area contributed by atoms with E-state index in [-0.39, 0.29) is 24.0 Å². The van der Waals surface area contributed by atoms with Crippen molar-refractivity contribution >= 4 is 35.6 Å². The molecule has 0 saturated carbocycles. The number of nitrogens with two attached hydrogens (primary N) is 1. The van der Waals surface area contributed by atoms with Gasteiger partial charge in [0.1, 0.15) is 5.75 Å². The number of nitrogens with zero attached hydrogens (tertiary/aromatic N) is 3. The average Bonchev–Trinajstić information content (AvgIpc) is 3.10. The summed E-state index contributed by atoms with van der Waals surface area (Å²) in [5.41, 5.74) is 8.60. The SMILES string of the molecule is COc1ccc(-n2ccc(CN=C(N)Nc3ccccc3)n2)cc1.I. The number of nitrogens with one attached hydrogen (secondary N) is 1. The van der Waals surface area contributed by atoms with Gasteiger partial charge in [0, 0.05) is 11.9 Å². The van der Waals surface area contributed by atoms with Crippen LogP contribution < -0.4 is 15.8 Å². The molecule has 0 atom stereocenters. The summed E-state index contributed by atoms with van der Waals surface area (Å²) in [5, 5.41) is 7.54. The van der Waals surface area contributed by atoms with Gasteiger partial charge in [0.15, 0.2) is 5.96 Å². The number of aliphatic imine (C=N–C) groups is 1. The third kappa shape index (κ3) is 5.21. The van der Waals surface area contributed by atoms with E-state index >= 15 is 0 Å². The van der Waals surface area contributed by atoms with Crippen molar-refractivity contribution in [2.45, 2.75) is 6.54 Å². The third-order valence-electron chi connectivity index (χ3n) is 3.44. The number of benzene rings is 2. The normalized spacial score (nSPS) is 10.8. The lowest BCUT2D eigenvalue weighted by atomic mass is 10.3. The van der Waals surface area contributed by atoms with Crippen LogP contribution in [0.25, 0.3) is 5.69 Å². The number of hydrogen-bond acceptors (Lipinski definition) is 3. The summed E-state index contributed by atoms with van der Waals surface area (Å²) in [5.74, 6) is 1.18. The van der Waals surface area contributed by atoms with Crippen LogP contribution in [0.5, 0.6) is 5.75 Å². The molecule has 3 N–H and O–H groups in total. The van der Waals surface area contributed by atoms with Crippen LogP contribution in [0.15, 0.2) is 71.9 Å². The van der Waals surface area contributed by atoms with E-state index in [1.165, 1.54) is 0 Å². The molecule has 2 aromatic carbocycles. The van der Waals surface area contributed by atoms with E-state index < -0.39 is 0 Å². The van der Waals surface area contributed by atoms with Crippen molar-refractivity contribution in [3.8, 4) is 11.4 Å². The first kappa shape index (κ1) is 18.8. The van der Waals surface area contributed by atoms with Gasteiger partial charge in [-0.25, -0.2) is 9.67 Å². The van der Waals surface area contributed by atoms with Crippen molar-refractivity contribution < 1.29 is 4.74 Å². The Morgan fingerprint density at radius 1 is 1.12 bits per heavy atom. The number of methoxy groups -OCH3 is 1. The summed E-state index contributed by atoms with van der Waals surface area (Å²) >= 11 is 0. The highest BCUT2D eigenvalue weighted by molar-refractivity contribution is 14.0. The smallest absolute Gasteiger partial charge is 0.193 e. The number of ether oxygens (including phenoxy) is 1. The Morgan fingerprint density at radius 2 is 1.84 bits per heavy atom. The molecular weight excluding hydrogens is 429 g/mol. The summed E-state index contributed by atoms with van der Waals surface area (Å²) in [7, 11) is 1.65. The highest BCUT2D eigenvalue weighted by atomic mass is 127. The fourth-order valence-electron chi connectivity index (χ4n) is 2.20. The van der Waals surface area contributed by atoms with Crippen LogP contribution in [0.3, 0.4) is 0 Å². The van der Waals surface area contributed by atoms with Gasteiger partial charge in [-0.15, -0.1) is 24.0 Å². The number of guanidine groups is 1. The van der Waals surface area contributed by atoms with Gasteiger partial charge in [-0.2, -0.15) is 5.10 Å². The fraction of sp³-hybridized carbons (Fsp3) is 0.111. The van der Waals surface area contributed by atoms with Crippen LogP contribution in [0.1, 0.15) is 5.69 Å². The average molecular weight is 449 g/mol. The molecule has 7 heteroatoms. The van der Waals surface area contributed by atoms with Gasteiger partial charge in [0.05, 0.1) is 25.0 Å². The fourth-order valence-corrected chi connectivity index (χ4v) is 2.20. The zero-order valence-electron chi connectivity index (χ0n) is 13.8. The molecule has 0 radical (unpaired) electrons. The minimum atomic E-state index is 0. The van der Waals surface area contributed by atoms with E-state index in [2.05, 4.69) is 15.4 Å². The van der Waals surface area contributed by atoms with E-state index in [4.69, 9.17) is 10.5 Å². The van der Waals surface area contributed by atoms with Gasteiger partial charge in [-0.3, -0.25) is 0 Å². The second-order valence-corrected chi connectivity index (χ2v) is 5.14. The first-order chi connectivity index (χ1) is 11.7. The predicted octanol–water partition coefficient (Wildman–Crippen LogP) is 3.43. The molecule has 0 unspecified atom stereocenters. The zero-order valence-corrected chi connectivity index (χ0v) is 16.1. The Balaban J connectivity index is 0.00000225. The minimum absolute atomic E-state index is 0. The molecule has 0 aliphatic rings. The van der Waals surface area contributed by atoms with E-state index in [1.807, 2.05) is 66.9 Å². The molecule has 3 rings (SSSR count). The van der Waals surface area contributed by atoms with Gasteiger partial charge in [-0.05, 0) is 42.5 Å². The number of halogens is 1. The Labute approximate surface area is 163 Å². The molecule has 0 spiro atoms. The second kappa shape index (κ2) is 9.07. The first-order valence-corrected chi connectivity index (χ1v) is 7.55. The number of rotatable bonds is 5. The van der Waals surface area contributed by atoms with Gasteiger partial charge in [0.2, 0.25) is 0 Å². The lowest BCUT2D eigenvalue weighted by Gasteiger charge is -2.04. The highest BCUT2D eigenvalue weighted by Crippen LogP contribution is 2.14. The zero-order chi connectivity index (χ0) is 16.8. The van der Waals surface area contributed by atoms with Gasteiger partial charge in [-0.1, -0.05) is 18.2 Å². The largest absolute Gasteiger partial charge is 0.497 e. The molecule has 0 aliphatic heterocycles. The van der Waals surface area contributed by atoms with Gasteiger partial charge < -0.3 is 15.8 Å². The molecule has 3 aromatic rings. The Kier molecular flexibility index (Phi) is 6.81. The first-order valence-electron chi connectivity index (χ1n) is 7.55.